The number of aldehydes is 2. The molecule has 0 heterocycles. The second-order valence-electron chi connectivity index (χ2n) is 2.28. The maximum absolute atomic E-state index is 10.5. The Bertz CT molecular complexity index is 396. The number of benzene rings is 1. The van der Waals surface area contributed by atoms with Gasteiger partial charge in [0.2, 0.25) is 0 Å². The predicted octanol–water partition coefficient (Wildman–Crippen LogP) is 0.755. The normalized spacial score (nSPS) is 8.31. The maximum atomic E-state index is 10.5. The van der Waals surface area contributed by atoms with Gasteiger partial charge in [-0.2, -0.15) is 0 Å². The zero-order valence-electron chi connectivity index (χ0n) is 6.65. The van der Waals surface area contributed by atoms with Crippen molar-refractivity contribution < 1.29 is 14.7 Å². The average Bonchev–Trinajstić information content (AvgIpc) is 2.16. The van der Waals surface area contributed by atoms with Gasteiger partial charge < -0.3 is 5.11 Å². The standard InChI is InChI=1S/C10H6O3/c11-5-1-2-8-3-4-10(13)6-9(8)7-12/h3-7,13H. The number of aromatic hydroxyl groups is 1. The molecule has 0 bridgehead atoms. The van der Waals surface area contributed by atoms with E-state index in [2.05, 4.69) is 11.8 Å². The largest absolute Gasteiger partial charge is 0.508 e. The minimum Gasteiger partial charge on any atom is -0.508 e. The molecular formula is C10H6O3. The highest BCUT2D eigenvalue weighted by Gasteiger charge is 1.99. The van der Waals surface area contributed by atoms with Gasteiger partial charge in [0.25, 0.3) is 0 Å². The second-order valence-corrected chi connectivity index (χ2v) is 2.28. The minimum absolute atomic E-state index is 0.00115. The molecule has 3 nitrogen and oxygen atoms in total. The van der Waals surface area contributed by atoms with Crippen molar-refractivity contribution in [2.45, 2.75) is 0 Å². The molecule has 0 spiro atoms. The molecule has 1 aromatic carbocycles. The van der Waals surface area contributed by atoms with Gasteiger partial charge in [0.1, 0.15) is 5.75 Å². The van der Waals surface area contributed by atoms with E-state index in [1.54, 1.807) is 0 Å². The number of carbonyl (C=O) groups is 2. The molecule has 1 rings (SSSR count). The average molecular weight is 174 g/mol. The quantitative estimate of drug-likeness (QED) is 0.505. The van der Waals surface area contributed by atoms with Crippen LogP contribution in [-0.4, -0.2) is 17.7 Å². The van der Waals surface area contributed by atoms with Crippen LogP contribution >= 0.6 is 0 Å². The lowest BCUT2D eigenvalue weighted by molar-refractivity contribution is -0.103. The third kappa shape index (κ3) is 2.17. The SMILES string of the molecule is O=CC#Cc1ccc(O)cc1C=O. The van der Waals surface area contributed by atoms with Crippen molar-refractivity contribution in [1.29, 1.82) is 0 Å². The van der Waals surface area contributed by atoms with E-state index in [1.165, 1.54) is 18.2 Å². The number of phenolic OH excluding ortho intramolecular Hbond substituents is 1. The molecule has 0 saturated carbocycles. The molecule has 0 amide bonds. The van der Waals surface area contributed by atoms with Crippen LogP contribution in [0.15, 0.2) is 18.2 Å². The first-order valence-corrected chi connectivity index (χ1v) is 3.51. The molecule has 0 radical (unpaired) electrons. The van der Waals surface area contributed by atoms with Gasteiger partial charge in [0, 0.05) is 11.1 Å². The first kappa shape index (κ1) is 9.01. The first-order valence-electron chi connectivity index (χ1n) is 3.51. The lowest BCUT2D eigenvalue weighted by Crippen LogP contribution is -1.86. The Morgan fingerprint density at radius 3 is 2.69 bits per heavy atom. The second kappa shape index (κ2) is 4.07. The monoisotopic (exact) mass is 174 g/mol. The van der Waals surface area contributed by atoms with Gasteiger partial charge in [-0.1, -0.05) is 5.92 Å². The summed E-state index contributed by atoms with van der Waals surface area (Å²) < 4.78 is 0. The summed E-state index contributed by atoms with van der Waals surface area (Å²) in [7, 11) is 0. The highest BCUT2D eigenvalue weighted by molar-refractivity contribution is 5.82. The lowest BCUT2D eigenvalue weighted by Gasteiger charge is -1.96. The number of phenols is 1. The van der Waals surface area contributed by atoms with Crippen molar-refractivity contribution in [2.24, 2.45) is 0 Å². The van der Waals surface area contributed by atoms with Crippen molar-refractivity contribution in [1.82, 2.24) is 0 Å². The van der Waals surface area contributed by atoms with Gasteiger partial charge in [-0.15, -0.1) is 0 Å². The van der Waals surface area contributed by atoms with Crippen LogP contribution in [0.5, 0.6) is 5.75 Å². The number of hydrogen-bond donors (Lipinski definition) is 1. The molecule has 0 atom stereocenters. The fourth-order valence-corrected chi connectivity index (χ4v) is 0.869. The molecule has 13 heavy (non-hydrogen) atoms. The molecule has 0 aromatic heterocycles. The van der Waals surface area contributed by atoms with E-state index in [-0.39, 0.29) is 11.3 Å². The van der Waals surface area contributed by atoms with Crippen LogP contribution in [0.2, 0.25) is 0 Å². The van der Waals surface area contributed by atoms with Crippen LogP contribution in [0.4, 0.5) is 0 Å². The van der Waals surface area contributed by atoms with E-state index in [9.17, 15) is 9.59 Å². The molecule has 0 aliphatic heterocycles. The van der Waals surface area contributed by atoms with Gasteiger partial charge in [-0.05, 0) is 24.1 Å². The fraction of sp³-hybridized carbons (Fsp3) is 0. The highest BCUT2D eigenvalue weighted by atomic mass is 16.3. The maximum Gasteiger partial charge on any atom is 0.193 e. The molecule has 0 saturated heterocycles. The molecule has 0 aliphatic carbocycles. The number of hydrogen-bond acceptors (Lipinski definition) is 3. The Morgan fingerprint density at radius 1 is 1.31 bits per heavy atom. The van der Waals surface area contributed by atoms with Gasteiger partial charge in [0.15, 0.2) is 12.6 Å². The van der Waals surface area contributed by atoms with E-state index in [0.717, 1.165) is 0 Å². The van der Waals surface area contributed by atoms with Gasteiger partial charge in [-0.25, -0.2) is 0 Å². The van der Waals surface area contributed by atoms with Gasteiger partial charge in [0.05, 0.1) is 0 Å². The topological polar surface area (TPSA) is 54.4 Å². The zero-order valence-corrected chi connectivity index (χ0v) is 6.65. The highest BCUT2D eigenvalue weighted by Crippen LogP contribution is 2.13. The Labute approximate surface area is 75.0 Å². The molecule has 0 unspecified atom stereocenters. The van der Waals surface area contributed by atoms with Crippen LogP contribution in [0, 0.1) is 11.8 Å². The summed E-state index contributed by atoms with van der Waals surface area (Å²) in [6, 6.07) is 4.18. The van der Waals surface area contributed by atoms with Crippen LogP contribution in [0.25, 0.3) is 0 Å². The Kier molecular flexibility index (Phi) is 2.82. The Morgan fingerprint density at radius 2 is 2.08 bits per heavy atom. The summed E-state index contributed by atoms with van der Waals surface area (Å²) in [5, 5.41) is 9.02. The molecular weight excluding hydrogens is 168 g/mol. The molecule has 1 aromatic rings. The van der Waals surface area contributed by atoms with Gasteiger partial charge in [-0.3, -0.25) is 9.59 Å². The zero-order chi connectivity index (χ0) is 9.68. The predicted molar refractivity (Wildman–Crippen MR) is 46.4 cm³/mol. The molecule has 0 aliphatic rings. The van der Waals surface area contributed by atoms with Crippen molar-refractivity contribution >= 4 is 12.6 Å². The van der Waals surface area contributed by atoms with Crippen molar-refractivity contribution in [3.05, 3.63) is 29.3 Å². The van der Waals surface area contributed by atoms with Crippen LogP contribution in [0.1, 0.15) is 15.9 Å². The smallest absolute Gasteiger partial charge is 0.193 e. The van der Waals surface area contributed by atoms with Crippen LogP contribution < -0.4 is 0 Å². The van der Waals surface area contributed by atoms with E-state index in [1.807, 2.05) is 0 Å². The van der Waals surface area contributed by atoms with Crippen molar-refractivity contribution in [3.8, 4) is 17.6 Å². The van der Waals surface area contributed by atoms with E-state index >= 15 is 0 Å². The third-order valence-corrected chi connectivity index (χ3v) is 1.43. The van der Waals surface area contributed by atoms with Crippen molar-refractivity contribution in [3.63, 3.8) is 0 Å². The summed E-state index contributed by atoms with van der Waals surface area (Å²) in [6.07, 6.45) is 1.02. The van der Waals surface area contributed by atoms with E-state index < -0.39 is 0 Å². The molecule has 3 heteroatoms. The Balaban J connectivity index is 3.20. The Hall–Kier alpha value is -2.08. The molecule has 0 fully saturated rings. The third-order valence-electron chi connectivity index (χ3n) is 1.43. The van der Waals surface area contributed by atoms with Crippen molar-refractivity contribution in [2.75, 3.05) is 0 Å². The number of carbonyl (C=O) groups excluding carboxylic acids is 2. The fourth-order valence-electron chi connectivity index (χ4n) is 0.869. The minimum atomic E-state index is -0.00115. The lowest BCUT2D eigenvalue weighted by atomic mass is 10.1. The summed E-state index contributed by atoms with van der Waals surface area (Å²) in [5.74, 6) is 4.67. The van der Waals surface area contributed by atoms with E-state index in [0.29, 0.717) is 18.1 Å². The number of rotatable bonds is 1. The molecule has 1 N–H and O–H groups in total. The summed E-state index contributed by atoms with van der Waals surface area (Å²) >= 11 is 0. The summed E-state index contributed by atoms with van der Waals surface area (Å²) in [4.78, 5) is 20.4. The van der Waals surface area contributed by atoms with Crippen LogP contribution in [-0.2, 0) is 4.79 Å². The van der Waals surface area contributed by atoms with Crippen LogP contribution in [0.3, 0.4) is 0 Å². The summed E-state index contributed by atoms with van der Waals surface area (Å²) in [5.41, 5.74) is 0.703. The van der Waals surface area contributed by atoms with E-state index in [4.69, 9.17) is 5.11 Å². The summed E-state index contributed by atoms with van der Waals surface area (Å²) in [6.45, 7) is 0. The first-order chi connectivity index (χ1) is 6.27. The van der Waals surface area contributed by atoms with Gasteiger partial charge >= 0.3 is 0 Å². The molecule has 64 valence electrons.